The number of sulfonamides is 1. The van der Waals surface area contributed by atoms with E-state index in [0.29, 0.717) is 0 Å². The summed E-state index contributed by atoms with van der Waals surface area (Å²) in [6.07, 6.45) is 1.25. The molecule has 0 aliphatic rings. The van der Waals surface area contributed by atoms with Gasteiger partial charge in [-0.3, -0.25) is 0 Å². The molecule has 0 amide bonds. The van der Waals surface area contributed by atoms with Crippen molar-refractivity contribution >= 4 is 10.0 Å². The van der Waals surface area contributed by atoms with Gasteiger partial charge in [-0.05, 0) is 12.1 Å². The van der Waals surface area contributed by atoms with E-state index in [-0.39, 0.29) is 19.7 Å². The Balaban J connectivity index is 3.05. The Morgan fingerprint density at radius 2 is 2.24 bits per heavy atom. The molecule has 0 unspecified atom stereocenters. The molecule has 0 atom stereocenters. The van der Waals surface area contributed by atoms with Crippen LogP contribution in [0.5, 0.6) is 0 Å². The van der Waals surface area contributed by atoms with Crippen molar-refractivity contribution in [2.75, 3.05) is 26.8 Å². The fourth-order valence-electron chi connectivity index (χ4n) is 1.32. The first-order valence-electron chi connectivity index (χ1n) is 5.13. The molecule has 0 saturated carbocycles. The number of halogens is 1. The van der Waals surface area contributed by atoms with Gasteiger partial charge in [0, 0.05) is 26.4 Å². The van der Waals surface area contributed by atoms with Gasteiger partial charge in [0.2, 0.25) is 5.03 Å². The Bertz CT molecular complexity index is 464. The summed E-state index contributed by atoms with van der Waals surface area (Å²) in [6.45, 7) is 2.34. The zero-order chi connectivity index (χ0) is 12.9. The Kier molecular flexibility index (Phi) is 4.98. The molecule has 1 heterocycles. The highest BCUT2D eigenvalue weighted by molar-refractivity contribution is 7.89. The number of likely N-dealkylation sites (N-methyl/N-ethyl adjacent to an activating group) is 1. The van der Waals surface area contributed by atoms with E-state index < -0.39 is 20.9 Å². The summed E-state index contributed by atoms with van der Waals surface area (Å²) in [6, 6.07) is 2.42. The molecule has 1 aromatic heterocycles. The highest BCUT2D eigenvalue weighted by Crippen LogP contribution is 2.15. The lowest BCUT2D eigenvalue weighted by atomic mass is 10.5. The molecule has 5 nitrogen and oxygen atoms in total. The molecule has 0 aliphatic carbocycles. The minimum atomic E-state index is -3.89. The summed E-state index contributed by atoms with van der Waals surface area (Å²) in [5.41, 5.74) is 0. The maximum absolute atomic E-state index is 13.4. The van der Waals surface area contributed by atoms with Crippen LogP contribution in [0.3, 0.4) is 0 Å². The van der Waals surface area contributed by atoms with Crippen LogP contribution in [0.1, 0.15) is 6.92 Å². The van der Waals surface area contributed by atoms with Crippen molar-refractivity contribution in [2.24, 2.45) is 0 Å². The SMILES string of the molecule is CCN(CCOC)S(=O)(=O)c1ncccc1F. The predicted octanol–water partition coefficient (Wildman–Crippen LogP) is 0.878. The second-order valence-electron chi connectivity index (χ2n) is 3.28. The third kappa shape index (κ3) is 3.21. The number of aromatic nitrogens is 1. The van der Waals surface area contributed by atoms with E-state index in [1.165, 1.54) is 19.4 Å². The van der Waals surface area contributed by atoms with Gasteiger partial charge in [-0.25, -0.2) is 17.8 Å². The van der Waals surface area contributed by atoms with E-state index in [2.05, 4.69) is 4.98 Å². The maximum Gasteiger partial charge on any atom is 0.263 e. The van der Waals surface area contributed by atoms with Crippen molar-refractivity contribution in [3.63, 3.8) is 0 Å². The molecule has 0 bridgehead atoms. The molecule has 96 valence electrons. The standard InChI is InChI=1S/C10H15FN2O3S/c1-3-13(7-8-16-2)17(14,15)10-9(11)5-4-6-12-10/h4-6H,3,7-8H2,1-2H3. The molecule has 7 heteroatoms. The molecule has 0 radical (unpaired) electrons. The monoisotopic (exact) mass is 262 g/mol. The third-order valence-electron chi connectivity index (χ3n) is 2.21. The average Bonchev–Trinajstić information content (AvgIpc) is 2.30. The first kappa shape index (κ1) is 14.0. The van der Waals surface area contributed by atoms with Gasteiger partial charge in [0.1, 0.15) is 0 Å². The second kappa shape index (κ2) is 6.04. The largest absolute Gasteiger partial charge is 0.383 e. The number of ether oxygens (including phenoxy) is 1. The van der Waals surface area contributed by atoms with Crippen LogP contribution in [0.15, 0.2) is 23.4 Å². The van der Waals surface area contributed by atoms with E-state index in [1.54, 1.807) is 6.92 Å². The Morgan fingerprint density at radius 3 is 2.76 bits per heavy atom. The van der Waals surface area contributed by atoms with Crippen LogP contribution in [0.2, 0.25) is 0 Å². The quantitative estimate of drug-likeness (QED) is 0.763. The fourth-order valence-corrected chi connectivity index (χ4v) is 2.73. The topological polar surface area (TPSA) is 59.5 Å². The highest BCUT2D eigenvalue weighted by atomic mass is 32.2. The fraction of sp³-hybridized carbons (Fsp3) is 0.500. The second-order valence-corrected chi connectivity index (χ2v) is 5.13. The summed E-state index contributed by atoms with van der Waals surface area (Å²) >= 11 is 0. The van der Waals surface area contributed by atoms with Crippen LogP contribution in [0.25, 0.3) is 0 Å². The van der Waals surface area contributed by atoms with Crippen LogP contribution in [-0.4, -0.2) is 44.5 Å². The lowest BCUT2D eigenvalue weighted by Gasteiger charge is -2.19. The van der Waals surface area contributed by atoms with E-state index in [0.717, 1.165) is 10.4 Å². The normalized spacial score (nSPS) is 12.0. The minimum absolute atomic E-state index is 0.172. The lowest BCUT2D eigenvalue weighted by Crippen LogP contribution is -2.34. The first-order valence-corrected chi connectivity index (χ1v) is 6.57. The highest BCUT2D eigenvalue weighted by Gasteiger charge is 2.27. The summed E-state index contributed by atoms with van der Waals surface area (Å²) in [7, 11) is -2.41. The number of hydrogen-bond acceptors (Lipinski definition) is 4. The van der Waals surface area contributed by atoms with Gasteiger partial charge in [0.25, 0.3) is 10.0 Å². The van der Waals surface area contributed by atoms with Gasteiger partial charge in [0.05, 0.1) is 6.61 Å². The van der Waals surface area contributed by atoms with Gasteiger partial charge < -0.3 is 4.74 Å². The first-order chi connectivity index (χ1) is 8.04. The van der Waals surface area contributed by atoms with Crippen molar-refractivity contribution in [1.29, 1.82) is 0 Å². The Morgan fingerprint density at radius 1 is 1.53 bits per heavy atom. The number of pyridine rings is 1. The average molecular weight is 262 g/mol. The van der Waals surface area contributed by atoms with Crippen LogP contribution >= 0.6 is 0 Å². The molecule has 0 aliphatic heterocycles. The minimum Gasteiger partial charge on any atom is -0.383 e. The Hall–Kier alpha value is -1.05. The van der Waals surface area contributed by atoms with E-state index >= 15 is 0 Å². The van der Waals surface area contributed by atoms with Crippen molar-refractivity contribution in [1.82, 2.24) is 9.29 Å². The molecule has 1 aromatic rings. The zero-order valence-electron chi connectivity index (χ0n) is 9.76. The molecule has 1 rings (SSSR count). The van der Waals surface area contributed by atoms with Crippen molar-refractivity contribution < 1.29 is 17.5 Å². The summed E-state index contributed by atoms with van der Waals surface area (Å²) < 4.78 is 43.5. The maximum atomic E-state index is 13.4. The van der Waals surface area contributed by atoms with Crippen molar-refractivity contribution in [2.45, 2.75) is 11.9 Å². The zero-order valence-corrected chi connectivity index (χ0v) is 10.6. The molecule has 0 spiro atoms. The number of nitrogens with zero attached hydrogens (tertiary/aromatic N) is 2. The number of rotatable bonds is 6. The molecule has 0 N–H and O–H groups in total. The number of methoxy groups -OCH3 is 1. The van der Waals surface area contributed by atoms with E-state index in [9.17, 15) is 12.8 Å². The van der Waals surface area contributed by atoms with Gasteiger partial charge in [0.15, 0.2) is 5.82 Å². The molecule has 17 heavy (non-hydrogen) atoms. The summed E-state index contributed by atoms with van der Waals surface area (Å²) in [4.78, 5) is 3.58. The van der Waals surface area contributed by atoms with Gasteiger partial charge in [-0.1, -0.05) is 6.92 Å². The molecule has 0 saturated heterocycles. The Labute approximate surface area is 100 Å². The smallest absolute Gasteiger partial charge is 0.263 e. The summed E-state index contributed by atoms with van der Waals surface area (Å²) in [5.74, 6) is -0.844. The number of hydrogen-bond donors (Lipinski definition) is 0. The van der Waals surface area contributed by atoms with Gasteiger partial charge in [-0.15, -0.1) is 0 Å². The van der Waals surface area contributed by atoms with Gasteiger partial charge in [-0.2, -0.15) is 4.31 Å². The van der Waals surface area contributed by atoms with Crippen LogP contribution in [0, 0.1) is 5.82 Å². The summed E-state index contributed by atoms with van der Waals surface area (Å²) in [5, 5.41) is -0.544. The van der Waals surface area contributed by atoms with Crippen molar-refractivity contribution in [3.8, 4) is 0 Å². The van der Waals surface area contributed by atoms with Gasteiger partial charge >= 0.3 is 0 Å². The molecule has 0 aromatic carbocycles. The molecule has 0 fully saturated rings. The van der Waals surface area contributed by atoms with E-state index in [1.807, 2.05) is 0 Å². The molecular formula is C10H15FN2O3S. The van der Waals surface area contributed by atoms with Crippen LogP contribution < -0.4 is 0 Å². The van der Waals surface area contributed by atoms with Crippen LogP contribution in [0.4, 0.5) is 4.39 Å². The van der Waals surface area contributed by atoms with Crippen LogP contribution in [-0.2, 0) is 14.8 Å². The third-order valence-corrected chi connectivity index (χ3v) is 4.12. The predicted molar refractivity (Wildman–Crippen MR) is 60.5 cm³/mol. The van der Waals surface area contributed by atoms with E-state index in [4.69, 9.17) is 4.74 Å². The van der Waals surface area contributed by atoms with Crippen molar-refractivity contribution in [3.05, 3.63) is 24.1 Å². The molecular weight excluding hydrogens is 247 g/mol. The lowest BCUT2D eigenvalue weighted by molar-refractivity contribution is 0.180.